The van der Waals surface area contributed by atoms with Gasteiger partial charge in [0.2, 0.25) is 0 Å². The van der Waals surface area contributed by atoms with Crippen LogP contribution in [0.1, 0.15) is 37.2 Å². The molecule has 1 aromatic carbocycles. The van der Waals surface area contributed by atoms with Crippen LogP contribution < -0.4 is 0 Å². The van der Waals surface area contributed by atoms with Crippen LogP contribution in [0, 0.1) is 23.2 Å². The first-order chi connectivity index (χ1) is 12.3. The Bertz CT molecular complexity index is 591. The summed E-state index contributed by atoms with van der Waals surface area (Å²) >= 11 is 0. The third-order valence-electron chi connectivity index (χ3n) is 4.55. The normalized spacial score (nSPS) is 30.2. The molecular formula is C20H25NO4. The van der Waals surface area contributed by atoms with E-state index in [0.29, 0.717) is 30.6 Å². The van der Waals surface area contributed by atoms with E-state index in [0.717, 1.165) is 31.6 Å². The number of nitrogens with zero attached hydrogens (tertiary/aromatic N) is 1. The fourth-order valence-corrected chi connectivity index (χ4v) is 3.10. The SMILES string of the molecule is CC=C[C@H]1CO[C@H](CC[C@H]2CO[C@H](c3ccc(C#N)cc3)OC2)OC1. The van der Waals surface area contributed by atoms with Crippen LogP contribution in [0.5, 0.6) is 0 Å². The van der Waals surface area contributed by atoms with E-state index < -0.39 is 0 Å². The molecule has 0 spiro atoms. The van der Waals surface area contributed by atoms with E-state index in [1.165, 1.54) is 0 Å². The molecule has 0 N–H and O–H groups in total. The van der Waals surface area contributed by atoms with Crippen molar-refractivity contribution in [2.24, 2.45) is 11.8 Å². The van der Waals surface area contributed by atoms with Crippen molar-refractivity contribution in [3.05, 3.63) is 47.5 Å². The number of hydrogen-bond acceptors (Lipinski definition) is 5. The summed E-state index contributed by atoms with van der Waals surface area (Å²) in [5.74, 6) is 0.728. The molecule has 0 aliphatic carbocycles. The van der Waals surface area contributed by atoms with Gasteiger partial charge in [0.05, 0.1) is 38.1 Å². The van der Waals surface area contributed by atoms with Gasteiger partial charge in [0, 0.05) is 17.4 Å². The Morgan fingerprint density at radius 2 is 1.68 bits per heavy atom. The molecule has 3 rings (SSSR count). The number of rotatable bonds is 5. The van der Waals surface area contributed by atoms with Gasteiger partial charge in [0.15, 0.2) is 12.6 Å². The first-order valence-electron chi connectivity index (χ1n) is 8.87. The molecule has 2 saturated heterocycles. The van der Waals surface area contributed by atoms with E-state index in [9.17, 15) is 0 Å². The Hall–Kier alpha value is -1.71. The van der Waals surface area contributed by atoms with Gasteiger partial charge in [-0.3, -0.25) is 0 Å². The molecule has 5 nitrogen and oxygen atoms in total. The molecule has 2 fully saturated rings. The third-order valence-corrected chi connectivity index (χ3v) is 4.55. The maximum absolute atomic E-state index is 8.85. The monoisotopic (exact) mass is 343 g/mol. The van der Waals surface area contributed by atoms with Crippen molar-refractivity contribution >= 4 is 0 Å². The molecule has 1 aromatic rings. The van der Waals surface area contributed by atoms with Crippen molar-refractivity contribution in [2.75, 3.05) is 26.4 Å². The maximum atomic E-state index is 8.85. The Labute approximate surface area is 149 Å². The fraction of sp³-hybridized carbons (Fsp3) is 0.550. The molecule has 5 heteroatoms. The maximum Gasteiger partial charge on any atom is 0.183 e. The molecule has 0 unspecified atom stereocenters. The van der Waals surface area contributed by atoms with Gasteiger partial charge in [0.25, 0.3) is 0 Å². The van der Waals surface area contributed by atoms with Crippen molar-refractivity contribution in [1.82, 2.24) is 0 Å². The zero-order chi connectivity index (χ0) is 17.5. The lowest BCUT2D eigenvalue weighted by Gasteiger charge is -2.32. The first kappa shape index (κ1) is 18.1. The van der Waals surface area contributed by atoms with Crippen LogP contribution >= 0.6 is 0 Å². The summed E-state index contributed by atoms with van der Waals surface area (Å²) < 4.78 is 23.2. The van der Waals surface area contributed by atoms with Crippen LogP contribution in [0.25, 0.3) is 0 Å². The summed E-state index contributed by atoms with van der Waals surface area (Å²) in [6.45, 7) is 4.80. The quantitative estimate of drug-likeness (QED) is 0.765. The second-order valence-electron chi connectivity index (χ2n) is 6.56. The van der Waals surface area contributed by atoms with Gasteiger partial charge in [0.1, 0.15) is 0 Å². The molecule has 0 aromatic heterocycles. The number of hydrogen-bond donors (Lipinski definition) is 0. The molecule has 25 heavy (non-hydrogen) atoms. The van der Waals surface area contributed by atoms with Crippen molar-refractivity contribution in [2.45, 2.75) is 32.3 Å². The molecule has 0 bridgehead atoms. The minimum Gasteiger partial charge on any atom is -0.352 e. The molecule has 0 saturated carbocycles. The van der Waals surface area contributed by atoms with Crippen LogP contribution in [-0.2, 0) is 18.9 Å². The zero-order valence-electron chi connectivity index (χ0n) is 14.6. The Balaban J connectivity index is 1.37. The number of ether oxygens (including phenoxy) is 4. The number of benzene rings is 1. The van der Waals surface area contributed by atoms with Crippen LogP contribution in [0.4, 0.5) is 0 Å². The second-order valence-corrected chi connectivity index (χ2v) is 6.56. The zero-order valence-corrected chi connectivity index (χ0v) is 14.6. The predicted octanol–water partition coefficient (Wildman–Crippen LogP) is 3.57. The smallest absolute Gasteiger partial charge is 0.183 e. The summed E-state index contributed by atoms with van der Waals surface area (Å²) in [5.41, 5.74) is 1.59. The number of allylic oxidation sites excluding steroid dienone is 1. The van der Waals surface area contributed by atoms with Crippen molar-refractivity contribution in [3.8, 4) is 6.07 Å². The minimum absolute atomic E-state index is 0.113. The standard InChI is InChI=1S/C20H25NO4/c1-2-3-16-11-22-19(23-12-16)9-6-17-13-24-20(25-14-17)18-7-4-15(10-21)5-8-18/h2-5,7-8,16-17,19-20H,6,9,11-14H2,1H3/t16-,17-,19-,20-. The molecule has 0 atom stereocenters. The summed E-state index contributed by atoms with van der Waals surface area (Å²) in [4.78, 5) is 0. The highest BCUT2D eigenvalue weighted by atomic mass is 16.7. The van der Waals surface area contributed by atoms with Crippen LogP contribution in [-0.4, -0.2) is 32.7 Å². The highest BCUT2D eigenvalue weighted by Gasteiger charge is 2.26. The van der Waals surface area contributed by atoms with Crippen LogP contribution in [0.2, 0.25) is 0 Å². The largest absolute Gasteiger partial charge is 0.352 e. The van der Waals surface area contributed by atoms with Gasteiger partial charge in [-0.25, -0.2) is 0 Å². The molecule has 2 heterocycles. The summed E-state index contributed by atoms with van der Waals surface area (Å²) in [6, 6.07) is 9.45. The summed E-state index contributed by atoms with van der Waals surface area (Å²) in [5, 5.41) is 8.85. The molecule has 134 valence electrons. The average Bonchev–Trinajstić information content (AvgIpc) is 2.68. The Morgan fingerprint density at radius 3 is 2.28 bits per heavy atom. The van der Waals surface area contributed by atoms with Gasteiger partial charge >= 0.3 is 0 Å². The second kappa shape index (κ2) is 9.12. The molecule has 0 amide bonds. The number of nitriles is 1. The predicted molar refractivity (Wildman–Crippen MR) is 92.5 cm³/mol. The average molecular weight is 343 g/mol. The van der Waals surface area contributed by atoms with E-state index in [1.807, 2.05) is 25.1 Å². The summed E-state index contributed by atoms with van der Waals surface area (Å²) in [7, 11) is 0. The van der Waals surface area contributed by atoms with Crippen molar-refractivity contribution in [3.63, 3.8) is 0 Å². The molecule has 2 aliphatic rings. The summed E-state index contributed by atoms with van der Waals surface area (Å²) in [6.07, 6.45) is 5.53. The first-order valence-corrected chi connectivity index (χ1v) is 8.87. The lowest BCUT2D eigenvalue weighted by Crippen LogP contribution is -2.33. The van der Waals surface area contributed by atoms with Crippen molar-refractivity contribution in [1.29, 1.82) is 5.26 Å². The topological polar surface area (TPSA) is 60.7 Å². The molecule has 0 radical (unpaired) electrons. The highest BCUT2D eigenvalue weighted by molar-refractivity contribution is 5.32. The van der Waals surface area contributed by atoms with Crippen LogP contribution in [0.3, 0.4) is 0 Å². The van der Waals surface area contributed by atoms with Gasteiger partial charge in [-0.05, 0) is 31.9 Å². The lowest BCUT2D eigenvalue weighted by molar-refractivity contribution is -0.217. The van der Waals surface area contributed by atoms with E-state index in [1.54, 1.807) is 12.1 Å². The fourth-order valence-electron chi connectivity index (χ4n) is 3.10. The van der Waals surface area contributed by atoms with E-state index in [2.05, 4.69) is 12.1 Å². The molecular weight excluding hydrogens is 318 g/mol. The lowest BCUT2D eigenvalue weighted by atomic mass is 10.0. The minimum atomic E-state index is -0.340. The van der Waals surface area contributed by atoms with E-state index in [-0.39, 0.29) is 12.6 Å². The van der Waals surface area contributed by atoms with Gasteiger partial charge < -0.3 is 18.9 Å². The van der Waals surface area contributed by atoms with Crippen molar-refractivity contribution < 1.29 is 18.9 Å². The Morgan fingerprint density at radius 1 is 1.00 bits per heavy atom. The van der Waals surface area contributed by atoms with E-state index in [4.69, 9.17) is 24.2 Å². The Kier molecular flexibility index (Phi) is 6.60. The van der Waals surface area contributed by atoms with Crippen LogP contribution in [0.15, 0.2) is 36.4 Å². The van der Waals surface area contributed by atoms with Gasteiger partial charge in [-0.15, -0.1) is 0 Å². The highest BCUT2D eigenvalue weighted by Crippen LogP contribution is 2.28. The van der Waals surface area contributed by atoms with E-state index >= 15 is 0 Å². The third kappa shape index (κ3) is 5.13. The van der Waals surface area contributed by atoms with Gasteiger partial charge in [-0.2, -0.15) is 5.26 Å². The molecule has 2 aliphatic heterocycles. The van der Waals surface area contributed by atoms with Gasteiger partial charge in [-0.1, -0.05) is 24.3 Å².